The monoisotopic (exact) mass is 294 g/mol. The molecule has 1 aromatic rings. The lowest BCUT2D eigenvalue weighted by Gasteiger charge is -2.36. The van der Waals surface area contributed by atoms with Crippen LogP contribution in [0, 0.1) is 5.92 Å². The summed E-state index contributed by atoms with van der Waals surface area (Å²) >= 11 is 6.12. The molecule has 2 fully saturated rings. The van der Waals surface area contributed by atoms with Crippen LogP contribution < -0.4 is 5.32 Å². The predicted octanol–water partition coefficient (Wildman–Crippen LogP) is 2.71. The molecule has 0 spiro atoms. The van der Waals surface area contributed by atoms with Gasteiger partial charge in [0.25, 0.3) is 0 Å². The summed E-state index contributed by atoms with van der Waals surface area (Å²) in [5.74, 6) is 0.849. The average Bonchev–Trinajstić information content (AvgIpc) is 3.28. The summed E-state index contributed by atoms with van der Waals surface area (Å²) < 4.78 is 5.78. The fourth-order valence-electron chi connectivity index (χ4n) is 2.77. The molecule has 0 amide bonds. The van der Waals surface area contributed by atoms with Crippen molar-refractivity contribution in [3.05, 3.63) is 34.9 Å². The Morgan fingerprint density at radius 2 is 2.25 bits per heavy atom. The fourth-order valence-corrected chi connectivity index (χ4v) is 2.97. The maximum absolute atomic E-state index is 6.12. The van der Waals surface area contributed by atoms with Crippen molar-refractivity contribution in [2.75, 3.05) is 39.4 Å². The molecule has 4 heteroatoms. The van der Waals surface area contributed by atoms with Crippen LogP contribution in [0.3, 0.4) is 0 Å². The third kappa shape index (κ3) is 3.95. The van der Waals surface area contributed by atoms with Crippen LogP contribution in [-0.4, -0.2) is 44.3 Å². The van der Waals surface area contributed by atoms with Gasteiger partial charge < -0.3 is 10.1 Å². The quantitative estimate of drug-likeness (QED) is 0.817. The molecule has 1 unspecified atom stereocenters. The molecule has 3 rings (SSSR count). The summed E-state index contributed by atoms with van der Waals surface area (Å²) in [5.41, 5.74) is 1.30. The van der Waals surface area contributed by atoms with Crippen LogP contribution in [0.1, 0.15) is 24.4 Å². The zero-order valence-electron chi connectivity index (χ0n) is 11.9. The Morgan fingerprint density at radius 3 is 3.05 bits per heavy atom. The highest BCUT2D eigenvalue weighted by Gasteiger charge is 2.24. The van der Waals surface area contributed by atoms with Crippen LogP contribution in [-0.2, 0) is 4.74 Å². The fraction of sp³-hybridized carbons (Fsp3) is 0.625. The van der Waals surface area contributed by atoms with E-state index in [1.54, 1.807) is 0 Å². The van der Waals surface area contributed by atoms with E-state index in [1.165, 1.54) is 18.4 Å². The summed E-state index contributed by atoms with van der Waals surface area (Å²) in [7, 11) is 0. The van der Waals surface area contributed by atoms with Crippen LogP contribution in [0.25, 0.3) is 0 Å². The van der Waals surface area contributed by atoms with Gasteiger partial charge in [-0.2, -0.15) is 0 Å². The highest BCUT2D eigenvalue weighted by atomic mass is 35.5. The van der Waals surface area contributed by atoms with Gasteiger partial charge >= 0.3 is 0 Å². The van der Waals surface area contributed by atoms with Gasteiger partial charge in [0.15, 0.2) is 0 Å². The predicted molar refractivity (Wildman–Crippen MR) is 82.2 cm³/mol. The van der Waals surface area contributed by atoms with Crippen LogP contribution >= 0.6 is 11.6 Å². The van der Waals surface area contributed by atoms with Gasteiger partial charge in [0.1, 0.15) is 0 Å². The number of hydrogen-bond acceptors (Lipinski definition) is 3. The molecule has 110 valence electrons. The minimum Gasteiger partial charge on any atom is -0.380 e. The third-order valence-electron chi connectivity index (χ3n) is 4.16. The lowest BCUT2D eigenvalue weighted by molar-refractivity contribution is 0.0716. The highest BCUT2D eigenvalue weighted by Crippen LogP contribution is 2.29. The van der Waals surface area contributed by atoms with Gasteiger partial charge in [-0.1, -0.05) is 23.7 Å². The lowest BCUT2D eigenvalue weighted by Crippen LogP contribution is -2.47. The van der Waals surface area contributed by atoms with Gasteiger partial charge in [-0.15, -0.1) is 0 Å². The van der Waals surface area contributed by atoms with E-state index in [4.69, 9.17) is 16.3 Å². The molecule has 3 nitrogen and oxygen atoms in total. The molecule has 0 bridgehead atoms. The zero-order valence-corrected chi connectivity index (χ0v) is 12.6. The Morgan fingerprint density at radius 1 is 1.35 bits per heavy atom. The second-order valence-electron chi connectivity index (χ2n) is 5.83. The summed E-state index contributed by atoms with van der Waals surface area (Å²) in [5, 5.41) is 4.29. The number of ether oxygens (including phenoxy) is 1. The number of piperazine rings is 1. The van der Waals surface area contributed by atoms with Crippen molar-refractivity contribution in [2.24, 2.45) is 5.92 Å². The first-order valence-corrected chi connectivity index (χ1v) is 7.99. The van der Waals surface area contributed by atoms with Gasteiger partial charge in [0.2, 0.25) is 0 Å². The van der Waals surface area contributed by atoms with Crippen molar-refractivity contribution in [3.63, 3.8) is 0 Å². The van der Waals surface area contributed by atoms with Crippen LogP contribution in [0.15, 0.2) is 24.3 Å². The molecule has 1 N–H and O–H groups in total. The molecular weight excluding hydrogens is 272 g/mol. The van der Waals surface area contributed by atoms with Crippen molar-refractivity contribution >= 4 is 11.6 Å². The first kappa shape index (κ1) is 14.3. The van der Waals surface area contributed by atoms with E-state index < -0.39 is 0 Å². The minimum atomic E-state index is 0.409. The molecule has 1 saturated carbocycles. The largest absolute Gasteiger partial charge is 0.380 e. The standard InChI is InChI=1S/C16H23ClN2O/c17-15-3-1-2-14(10-15)16-11-18-6-7-19(16)8-9-20-12-13-4-5-13/h1-3,10,13,16,18H,4-9,11-12H2. The van der Waals surface area contributed by atoms with E-state index in [1.807, 2.05) is 12.1 Å². The molecule has 1 aliphatic heterocycles. The molecule has 0 aromatic heterocycles. The van der Waals surface area contributed by atoms with Gasteiger partial charge in [-0.25, -0.2) is 0 Å². The molecule has 0 radical (unpaired) electrons. The Bertz CT molecular complexity index is 436. The Labute approximate surface area is 126 Å². The minimum absolute atomic E-state index is 0.409. The van der Waals surface area contributed by atoms with Gasteiger partial charge in [-0.3, -0.25) is 4.90 Å². The first-order valence-electron chi connectivity index (χ1n) is 7.61. The maximum Gasteiger partial charge on any atom is 0.0593 e. The summed E-state index contributed by atoms with van der Waals surface area (Å²) in [6, 6.07) is 8.63. The Hall–Kier alpha value is -0.610. The zero-order chi connectivity index (χ0) is 13.8. The molecule has 1 aromatic carbocycles. The first-order chi connectivity index (χ1) is 9.83. The second kappa shape index (κ2) is 6.90. The SMILES string of the molecule is Clc1cccc(C2CNCCN2CCOCC2CC2)c1. The van der Waals surface area contributed by atoms with Crippen molar-refractivity contribution in [3.8, 4) is 0 Å². The second-order valence-corrected chi connectivity index (χ2v) is 6.27. The van der Waals surface area contributed by atoms with Crippen LogP contribution in [0.2, 0.25) is 5.02 Å². The Balaban J connectivity index is 1.55. The maximum atomic E-state index is 6.12. The Kier molecular flexibility index (Phi) is 4.94. The average molecular weight is 295 g/mol. The van der Waals surface area contributed by atoms with E-state index in [2.05, 4.69) is 22.3 Å². The topological polar surface area (TPSA) is 24.5 Å². The van der Waals surface area contributed by atoms with Crippen molar-refractivity contribution in [1.29, 1.82) is 0 Å². The van der Waals surface area contributed by atoms with Gasteiger partial charge in [-0.05, 0) is 36.5 Å². The summed E-state index contributed by atoms with van der Waals surface area (Å²) in [4.78, 5) is 2.51. The van der Waals surface area contributed by atoms with Crippen molar-refractivity contribution < 1.29 is 4.74 Å². The number of hydrogen-bond donors (Lipinski definition) is 1. The van der Waals surface area contributed by atoms with Crippen molar-refractivity contribution in [1.82, 2.24) is 10.2 Å². The van der Waals surface area contributed by atoms with E-state index in [0.717, 1.165) is 50.3 Å². The smallest absolute Gasteiger partial charge is 0.0593 e. The van der Waals surface area contributed by atoms with E-state index in [9.17, 15) is 0 Å². The molecule has 1 heterocycles. The van der Waals surface area contributed by atoms with E-state index in [0.29, 0.717) is 6.04 Å². The van der Waals surface area contributed by atoms with Crippen molar-refractivity contribution in [2.45, 2.75) is 18.9 Å². The number of nitrogens with one attached hydrogen (secondary N) is 1. The van der Waals surface area contributed by atoms with E-state index >= 15 is 0 Å². The summed E-state index contributed by atoms with van der Waals surface area (Å²) in [6.45, 7) is 5.92. The van der Waals surface area contributed by atoms with E-state index in [-0.39, 0.29) is 0 Å². The van der Waals surface area contributed by atoms with Gasteiger partial charge in [0.05, 0.1) is 6.61 Å². The normalized spacial score (nSPS) is 23.9. The summed E-state index contributed by atoms with van der Waals surface area (Å²) in [6.07, 6.45) is 2.72. The molecule has 2 aliphatic rings. The van der Waals surface area contributed by atoms with Crippen LogP contribution in [0.4, 0.5) is 0 Å². The number of rotatable bonds is 6. The molecule has 1 saturated heterocycles. The highest BCUT2D eigenvalue weighted by molar-refractivity contribution is 6.30. The number of halogens is 1. The van der Waals surface area contributed by atoms with Gasteiger partial charge in [0, 0.05) is 43.9 Å². The molecule has 1 aliphatic carbocycles. The molecular formula is C16H23ClN2O. The third-order valence-corrected chi connectivity index (χ3v) is 4.40. The number of benzene rings is 1. The molecule has 1 atom stereocenters. The lowest BCUT2D eigenvalue weighted by atomic mass is 10.0. The number of nitrogens with zero attached hydrogens (tertiary/aromatic N) is 1. The molecule has 20 heavy (non-hydrogen) atoms. The van der Waals surface area contributed by atoms with Crippen LogP contribution in [0.5, 0.6) is 0 Å².